The highest BCUT2D eigenvalue weighted by Crippen LogP contribution is 2.21. The summed E-state index contributed by atoms with van der Waals surface area (Å²) >= 11 is 0. The van der Waals surface area contributed by atoms with Crippen LogP contribution in [0.2, 0.25) is 0 Å². The van der Waals surface area contributed by atoms with E-state index in [4.69, 9.17) is 0 Å². The summed E-state index contributed by atoms with van der Waals surface area (Å²) in [4.78, 5) is 33.0. The Morgan fingerprint density at radius 1 is 1.21 bits per heavy atom. The molecule has 29 heavy (non-hydrogen) atoms. The van der Waals surface area contributed by atoms with Crippen LogP contribution in [0.25, 0.3) is 0 Å². The van der Waals surface area contributed by atoms with Crippen LogP contribution in [0.15, 0.2) is 42.6 Å². The van der Waals surface area contributed by atoms with Gasteiger partial charge in [-0.05, 0) is 55.0 Å². The predicted octanol–water partition coefficient (Wildman–Crippen LogP) is 2.99. The van der Waals surface area contributed by atoms with Gasteiger partial charge < -0.3 is 15.1 Å². The molecule has 0 radical (unpaired) electrons. The third kappa shape index (κ3) is 5.56. The molecule has 1 saturated heterocycles. The van der Waals surface area contributed by atoms with Crippen molar-refractivity contribution in [3.63, 3.8) is 0 Å². The Balaban J connectivity index is 1.57. The van der Waals surface area contributed by atoms with Crippen molar-refractivity contribution in [3.05, 3.63) is 59.3 Å². The third-order valence-electron chi connectivity index (χ3n) is 5.27. The molecule has 1 fully saturated rings. The van der Waals surface area contributed by atoms with Crippen LogP contribution in [0, 0.1) is 5.92 Å². The number of carbonyl (C=O) groups excluding carboxylic acids is 2. The number of piperidine rings is 1. The van der Waals surface area contributed by atoms with Gasteiger partial charge in [0.2, 0.25) is 0 Å². The summed E-state index contributed by atoms with van der Waals surface area (Å²) in [6.45, 7) is 4.74. The SMILES string of the molecule is CC1CCCN(c2cc(C(=O)NCCc3cccc(C(=O)N(C)C)c3)ccn2)C1. The molecular weight excluding hydrogens is 364 g/mol. The first kappa shape index (κ1) is 20.8. The van der Waals surface area contributed by atoms with Crippen molar-refractivity contribution in [2.24, 2.45) is 5.92 Å². The summed E-state index contributed by atoms with van der Waals surface area (Å²) in [6.07, 6.45) is 4.79. The van der Waals surface area contributed by atoms with E-state index in [0.29, 0.717) is 30.0 Å². The lowest BCUT2D eigenvalue weighted by Gasteiger charge is -2.31. The van der Waals surface area contributed by atoms with Gasteiger partial charge in [0.15, 0.2) is 0 Å². The number of rotatable bonds is 6. The molecule has 6 heteroatoms. The van der Waals surface area contributed by atoms with Gasteiger partial charge in [-0.15, -0.1) is 0 Å². The maximum absolute atomic E-state index is 12.6. The third-order valence-corrected chi connectivity index (χ3v) is 5.27. The number of hydrogen-bond donors (Lipinski definition) is 1. The van der Waals surface area contributed by atoms with E-state index in [-0.39, 0.29) is 11.8 Å². The Labute approximate surface area is 172 Å². The number of aromatic nitrogens is 1. The van der Waals surface area contributed by atoms with Crippen molar-refractivity contribution in [1.29, 1.82) is 0 Å². The van der Waals surface area contributed by atoms with E-state index >= 15 is 0 Å². The summed E-state index contributed by atoms with van der Waals surface area (Å²) in [6, 6.07) is 11.2. The molecule has 0 aliphatic carbocycles. The van der Waals surface area contributed by atoms with Gasteiger partial charge in [0.25, 0.3) is 11.8 Å². The highest BCUT2D eigenvalue weighted by molar-refractivity contribution is 5.95. The second kappa shape index (κ2) is 9.54. The number of carbonyl (C=O) groups is 2. The maximum atomic E-state index is 12.6. The Morgan fingerprint density at radius 2 is 2.03 bits per heavy atom. The van der Waals surface area contributed by atoms with E-state index in [9.17, 15) is 9.59 Å². The first-order chi connectivity index (χ1) is 13.9. The molecule has 1 N–H and O–H groups in total. The Hall–Kier alpha value is -2.89. The fraction of sp³-hybridized carbons (Fsp3) is 0.435. The van der Waals surface area contributed by atoms with Crippen molar-refractivity contribution >= 4 is 17.6 Å². The molecule has 154 valence electrons. The highest BCUT2D eigenvalue weighted by Gasteiger charge is 2.18. The molecule has 2 heterocycles. The minimum absolute atomic E-state index is 0.0211. The molecule has 2 amide bonds. The molecule has 0 saturated carbocycles. The van der Waals surface area contributed by atoms with E-state index in [1.807, 2.05) is 30.3 Å². The van der Waals surface area contributed by atoms with E-state index < -0.39 is 0 Å². The summed E-state index contributed by atoms with van der Waals surface area (Å²) in [5, 5.41) is 2.98. The summed E-state index contributed by atoms with van der Waals surface area (Å²) < 4.78 is 0. The van der Waals surface area contributed by atoms with Gasteiger partial charge >= 0.3 is 0 Å². The first-order valence-corrected chi connectivity index (χ1v) is 10.2. The standard InChI is InChI=1S/C23H30N4O2/c1-17-6-5-13-27(16-17)21-15-19(10-12-24-21)22(28)25-11-9-18-7-4-8-20(14-18)23(29)26(2)3/h4,7-8,10,12,14-15,17H,5-6,9,11,13,16H2,1-3H3,(H,25,28). The van der Waals surface area contributed by atoms with Gasteiger partial charge in [-0.2, -0.15) is 0 Å². The Kier molecular flexibility index (Phi) is 6.86. The molecule has 6 nitrogen and oxygen atoms in total. The normalized spacial score (nSPS) is 16.4. The van der Waals surface area contributed by atoms with E-state index in [1.165, 1.54) is 6.42 Å². The zero-order valence-corrected chi connectivity index (χ0v) is 17.5. The van der Waals surface area contributed by atoms with Crippen LogP contribution >= 0.6 is 0 Å². The smallest absolute Gasteiger partial charge is 0.253 e. The molecule has 1 unspecified atom stereocenters. The van der Waals surface area contributed by atoms with Crippen molar-refractivity contribution in [2.75, 3.05) is 38.6 Å². The second-order valence-corrected chi connectivity index (χ2v) is 8.00. The van der Waals surface area contributed by atoms with Crippen LogP contribution in [0.3, 0.4) is 0 Å². The monoisotopic (exact) mass is 394 g/mol. The minimum Gasteiger partial charge on any atom is -0.356 e. The molecule has 0 bridgehead atoms. The number of anilines is 1. The van der Waals surface area contributed by atoms with E-state index in [2.05, 4.69) is 22.1 Å². The number of benzene rings is 1. The number of nitrogens with zero attached hydrogens (tertiary/aromatic N) is 3. The van der Waals surface area contributed by atoms with Gasteiger partial charge in [0.1, 0.15) is 5.82 Å². The lowest BCUT2D eigenvalue weighted by Crippen LogP contribution is -2.35. The number of nitrogens with one attached hydrogen (secondary N) is 1. The summed E-state index contributed by atoms with van der Waals surface area (Å²) in [5.41, 5.74) is 2.31. The molecule has 1 aromatic carbocycles. The molecule has 1 aliphatic heterocycles. The average Bonchev–Trinajstić information content (AvgIpc) is 2.73. The zero-order valence-electron chi connectivity index (χ0n) is 17.5. The molecule has 1 aliphatic rings. The van der Waals surface area contributed by atoms with Crippen LogP contribution < -0.4 is 10.2 Å². The van der Waals surface area contributed by atoms with Gasteiger partial charge in [-0.3, -0.25) is 9.59 Å². The van der Waals surface area contributed by atoms with Crippen LogP contribution in [0.4, 0.5) is 5.82 Å². The van der Waals surface area contributed by atoms with E-state index in [0.717, 1.165) is 30.9 Å². The minimum atomic E-state index is -0.0979. The highest BCUT2D eigenvalue weighted by atomic mass is 16.2. The van der Waals surface area contributed by atoms with Crippen LogP contribution in [0.5, 0.6) is 0 Å². The molecule has 2 aromatic rings. The number of hydrogen-bond acceptors (Lipinski definition) is 4. The molecule has 1 atom stereocenters. The lowest BCUT2D eigenvalue weighted by atomic mass is 10.0. The fourth-order valence-electron chi connectivity index (χ4n) is 3.67. The van der Waals surface area contributed by atoms with E-state index in [1.54, 1.807) is 31.3 Å². The van der Waals surface area contributed by atoms with Gasteiger partial charge in [-0.1, -0.05) is 19.1 Å². The van der Waals surface area contributed by atoms with Gasteiger partial charge in [-0.25, -0.2) is 4.98 Å². The summed E-state index contributed by atoms with van der Waals surface area (Å²) in [7, 11) is 3.48. The maximum Gasteiger partial charge on any atom is 0.253 e. The number of amides is 2. The van der Waals surface area contributed by atoms with Crippen molar-refractivity contribution in [3.8, 4) is 0 Å². The van der Waals surface area contributed by atoms with Gasteiger partial charge in [0, 0.05) is 51.1 Å². The first-order valence-electron chi connectivity index (χ1n) is 10.2. The van der Waals surface area contributed by atoms with Crippen LogP contribution in [-0.4, -0.2) is 55.4 Å². The zero-order chi connectivity index (χ0) is 20.8. The van der Waals surface area contributed by atoms with Crippen LogP contribution in [-0.2, 0) is 6.42 Å². The average molecular weight is 395 g/mol. The number of pyridine rings is 1. The largest absolute Gasteiger partial charge is 0.356 e. The van der Waals surface area contributed by atoms with Crippen LogP contribution in [0.1, 0.15) is 46.0 Å². The second-order valence-electron chi connectivity index (χ2n) is 8.00. The van der Waals surface area contributed by atoms with Crippen molar-refractivity contribution in [1.82, 2.24) is 15.2 Å². The topological polar surface area (TPSA) is 65.5 Å². The van der Waals surface area contributed by atoms with Gasteiger partial charge in [0.05, 0.1) is 0 Å². The van der Waals surface area contributed by atoms with Crippen molar-refractivity contribution < 1.29 is 9.59 Å². The Bertz CT molecular complexity index is 865. The fourth-order valence-corrected chi connectivity index (χ4v) is 3.67. The molecular formula is C23H30N4O2. The predicted molar refractivity (Wildman–Crippen MR) is 115 cm³/mol. The Morgan fingerprint density at radius 3 is 2.79 bits per heavy atom. The summed E-state index contributed by atoms with van der Waals surface area (Å²) in [5.74, 6) is 1.41. The lowest BCUT2D eigenvalue weighted by molar-refractivity contribution is 0.0827. The van der Waals surface area contributed by atoms with Crippen molar-refractivity contribution in [2.45, 2.75) is 26.2 Å². The quantitative estimate of drug-likeness (QED) is 0.818. The molecule has 1 aromatic heterocycles. The molecule has 0 spiro atoms. The molecule has 3 rings (SSSR count).